The van der Waals surface area contributed by atoms with Gasteiger partial charge in [-0.2, -0.15) is 9.78 Å². The second-order valence-electron chi connectivity index (χ2n) is 7.65. The predicted octanol–water partition coefficient (Wildman–Crippen LogP) is 5.14. The highest BCUT2D eigenvalue weighted by molar-refractivity contribution is 5.94. The number of hydrogen-bond acceptors (Lipinski definition) is 5. The van der Waals surface area contributed by atoms with Gasteiger partial charge in [-0.15, -0.1) is 0 Å². The molecule has 1 amide bonds. The second kappa shape index (κ2) is 10.2. The van der Waals surface area contributed by atoms with Gasteiger partial charge in [-0.25, -0.2) is 8.78 Å². The summed E-state index contributed by atoms with van der Waals surface area (Å²) >= 11 is 0. The van der Waals surface area contributed by atoms with Crippen LogP contribution in [0.1, 0.15) is 17.3 Å². The van der Waals surface area contributed by atoms with Crippen LogP contribution < -0.4 is 15.6 Å². The van der Waals surface area contributed by atoms with Gasteiger partial charge < -0.3 is 15.0 Å². The maximum Gasteiger partial charge on any atom is 0.299 e. The van der Waals surface area contributed by atoms with Gasteiger partial charge in [-0.05, 0) is 79.7 Å². The molecule has 0 bridgehead atoms. The number of carbonyl (C=O) groups excluding carboxylic acids is 1. The van der Waals surface area contributed by atoms with Crippen LogP contribution in [0.15, 0.2) is 83.8 Å². The number of benzene rings is 3. The minimum absolute atomic E-state index is 0.0541. The van der Waals surface area contributed by atoms with E-state index in [2.05, 4.69) is 10.4 Å². The van der Waals surface area contributed by atoms with Crippen LogP contribution in [-0.2, 0) is 0 Å². The third kappa shape index (κ3) is 5.35. The molecule has 0 radical (unpaired) electrons. The Hall–Kier alpha value is -4.53. The van der Waals surface area contributed by atoms with Gasteiger partial charge >= 0.3 is 0 Å². The van der Waals surface area contributed by atoms with Crippen LogP contribution in [0.5, 0.6) is 11.5 Å². The number of carbonyl (C=O) groups is 1. The Bertz CT molecular complexity index is 1390. The van der Waals surface area contributed by atoms with Crippen molar-refractivity contribution in [3.8, 4) is 17.2 Å². The summed E-state index contributed by atoms with van der Waals surface area (Å²) in [6.07, 6.45) is 1.34. The summed E-state index contributed by atoms with van der Waals surface area (Å²) in [7, 11) is 1.71. The van der Waals surface area contributed by atoms with Gasteiger partial charge in [-0.1, -0.05) is 0 Å². The normalized spacial score (nSPS) is 10.6. The topological polar surface area (TPSA) is 76.5 Å². The predicted molar refractivity (Wildman–Crippen MR) is 129 cm³/mol. The van der Waals surface area contributed by atoms with E-state index in [4.69, 9.17) is 4.74 Å². The van der Waals surface area contributed by atoms with Crippen molar-refractivity contribution in [2.24, 2.45) is 0 Å². The first-order chi connectivity index (χ1) is 16.9. The van der Waals surface area contributed by atoms with Crippen LogP contribution in [0.25, 0.3) is 5.69 Å². The summed E-state index contributed by atoms with van der Waals surface area (Å²) in [4.78, 5) is 27.3. The maximum atomic E-state index is 13.4. The minimum atomic E-state index is -0.554. The number of nitrogens with zero attached hydrogens (tertiary/aromatic N) is 3. The van der Waals surface area contributed by atoms with Gasteiger partial charge in [0.1, 0.15) is 17.4 Å². The zero-order valence-corrected chi connectivity index (χ0v) is 19.0. The lowest BCUT2D eigenvalue weighted by Gasteiger charge is -2.16. The third-order valence-electron chi connectivity index (χ3n) is 5.28. The summed E-state index contributed by atoms with van der Waals surface area (Å²) in [5.41, 5.74) is 0.886. The molecule has 1 aromatic heterocycles. The molecule has 9 heteroatoms. The second-order valence-corrected chi connectivity index (χ2v) is 7.65. The van der Waals surface area contributed by atoms with Crippen LogP contribution in [0.4, 0.5) is 20.2 Å². The molecular weight excluding hydrogens is 454 g/mol. The van der Waals surface area contributed by atoms with Gasteiger partial charge in [0.2, 0.25) is 0 Å². The van der Waals surface area contributed by atoms with Crippen molar-refractivity contribution in [3.63, 3.8) is 0 Å². The molecule has 0 aliphatic heterocycles. The van der Waals surface area contributed by atoms with Crippen molar-refractivity contribution in [1.29, 1.82) is 0 Å². The average molecular weight is 476 g/mol. The Labute approximate surface area is 200 Å². The highest BCUT2D eigenvalue weighted by Gasteiger charge is 2.16. The highest BCUT2D eigenvalue weighted by atomic mass is 19.1. The zero-order valence-electron chi connectivity index (χ0n) is 19.0. The number of hydrogen-bond donors (Lipinski definition) is 1. The van der Waals surface area contributed by atoms with Crippen LogP contribution in [-0.4, -0.2) is 34.2 Å². The first-order valence-electron chi connectivity index (χ1n) is 10.8. The minimum Gasteiger partial charge on any atom is -0.453 e. The first kappa shape index (κ1) is 23.6. The Morgan fingerprint density at radius 2 is 1.57 bits per heavy atom. The molecule has 0 saturated heterocycles. The molecule has 0 fully saturated rings. The van der Waals surface area contributed by atoms with Crippen molar-refractivity contribution < 1.29 is 18.3 Å². The van der Waals surface area contributed by atoms with Gasteiger partial charge in [-0.3, -0.25) is 9.59 Å². The highest BCUT2D eigenvalue weighted by Crippen LogP contribution is 2.29. The molecule has 0 aliphatic rings. The first-order valence-corrected chi connectivity index (χ1v) is 10.8. The van der Waals surface area contributed by atoms with E-state index in [1.54, 1.807) is 36.2 Å². The van der Waals surface area contributed by atoms with Crippen molar-refractivity contribution in [2.45, 2.75) is 6.92 Å². The molecule has 35 heavy (non-hydrogen) atoms. The molecule has 0 atom stereocenters. The molecule has 0 spiro atoms. The molecule has 7 nitrogen and oxygen atoms in total. The number of amides is 1. The number of anilines is 2. The molecule has 178 valence electrons. The van der Waals surface area contributed by atoms with E-state index in [0.717, 1.165) is 4.68 Å². The fraction of sp³-hybridized carbons (Fsp3) is 0.115. The van der Waals surface area contributed by atoms with Crippen LogP contribution >= 0.6 is 0 Å². The lowest BCUT2D eigenvalue weighted by Crippen LogP contribution is -2.26. The van der Waals surface area contributed by atoms with Crippen LogP contribution in [0.3, 0.4) is 0 Å². The standard InChI is InChI=1S/C26H22F2N4O3/c1-3-31(2)25(33)17-4-10-20(11-5-17)30-24-23(35-22-14-8-19(28)9-15-22)16-29-32(26(24)34)21-12-6-18(27)7-13-21/h4-16,30H,3H2,1-2H3. The smallest absolute Gasteiger partial charge is 0.299 e. The summed E-state index contributed by atoms with van der Waals surface area (Å²) in [5, 5.41) is 7.18. The lowest BCUT2D eigenvalue weighted by atomic mass is 10.2. The molecule has 0 unspecified atom stereocenters. The summed E-state index contributed by atoms with van der Waals surface area (Å²) in [6, 6.07) is 17.3. The van der Waals surface area contributed by atoms with E-state index in [-0.39, 0.29) is 17.3 Å². The molecule has 4 rings (SSSR count). The Morgan fingerprint density at radius 1 is 0.971 bits per heavy atom. The van der Waals surface area contributed by atoms with E-state index in [1.807, 2.05) is 6.92 Å². The van der Waals surface area contributed by atoms with E-state index >= 15 is 0 Å². The van der Waals surface area contributed by atoms with E-state index in [0.29, 0.717) is 29.2 Å². The van der Waals surface area contributed by atoms with Crippen LogP contribution in [0.2, 0.25) is 0 Å². The van der Waals surface area contributed by atoms with Gasteiger partial charge in [0, 0.05) is 24.8 Å². The Balaban J connectivity index is 1.72. The zero-order chi connectivity index (χ0) is 24.9. The lowest BCUT2D eigenvalue weighted by molar-refractivity contribution is 0.0802. The number of aromatic nitrogens is 2. The Morgan fingerprint density at radius 3 is 2.17 bits per heavy atom. The van der Waals surface area contributed by atoms with E-state index in [1.165, 1.54) is 54.7 Å². The van der Waals surface area contributed by atoms with Gasteiger partial charge in [0.25, 0.3) is 11.5 Å². The summed E-state index contributed by atoms with van der Waals surface area (Å²) in [6.45, 7) is 2.45. The molecule has 0 saturated carbocycles. The Kier molecular flexibility index (Phi) is 6.86. The SMILES string of the molecule is CCN(C)C(=O)c1ccc(Nc2c(Oc3ccc(F)cc3)cnn(-c3ccc(F)cc3)c2=O)cc1. The monoisotopic (exact) mass is 476 g/mol. The van der Waals surface area contributed by atoms with Gasteiger partial charge in [0.05, 0.1) is 11.9 Å². The van der Waals surface area contributed by atoms with Crippen LogP contribution in [0, 0.1) is 11.6 Å². The fourth-order valence-corrected chi connectivity index (χ4v) is 3.23. The average Bonchev–Trinajstić information content (AvgIpc) is 2.87. The largest absolute Gasteiger partial charge is 0.453 e. The molecule has 1 heterocycles. The van der Waals surface area contributed by atoms with Crippen molar-refractivity contribution in [1.82, 2.24) is 14.7 Å². The molecular formula is C26H22F2N4O3. The molecule has 1 N–H and O–H groups in total. The van der Waals surface area contributed by atoms with Gasteiger partial charge in [0.15, 0.2) is 11.4 Å². The van der Waals surface area contributed by atoms with Crippen molar-refractivity contribution >= 4 is 17.3 Å². The number of nitrogens with one attached hydrogen (secondary N) is 1. The summed E-state index contributed by atoms with van der Waals surface area (Å²) < 4.78 is 33.6. The molecule has 3 aromatic carbocycles. The van der Waals surface area contributed by atoms with Crippen molar-refractivity contribution in [2.75, 3.05) is 18.9 Å². The maximum absolute atomic E-state index is 13.4. The summed E-state index contributed by atoms with van der Waals surface area (Å²) in [5.74, 6) is -0.588. The fourth-order valence-electron chi connectivity index (χ4n) is 3.23. The number of halogens is 2. The number of ether oxygens (including phenoxy) is 1. The molecule has 0 aliphatic carbocycles. The number of rotatable bonds is 7. The quantitative estimate of drug-likeness (QED) is 0.400. The van der Waals surface area contributed by atoms with E-state index in [9.17, 15) is 18.4 Å². The van der Waals surface area contributed by atoms with Crippen molar-refractivity contribution in [3.05, 3.63) is 107 Å². The van der Waals surface area contributed by atoms with E-state index < -0.39 is 17.2 Å². The third-order valence-corrected chi connectivity index (χ3v) is 5.28. The molecule has 4 aromatic rings.